The highest BCUT2D eigenvalue weighted by Gasteiger charge is 2.02. The smallest absolute Gasteiger partial charge is 0.166 e. The lowest BCUT2D eigenvalue weighted by atomic mass is 10.3. The Labute approximate surface area is 126 Å². The number of aromatic amines is 1. The lowest BCUT2D eigenvalue weighted by molar-refractivity contribution is 0.344. The van der Waals surface area contributed by atoms with E-state index < -0.39 is 0 Å². The molecule has 0 saturated heterocycles. The number of hydrogen-bond donors (Lipinski definition) is 1. The summed E-state index contributed by atoms with van der Waals surface area (Å²) in [5.74, 6) is 1.62. The third-order valence-corrected chi connectivity index (χ3v) is 3.83. The topological polar surface area (TPSA) is 37.9 Å². The molecule has 0 saturated carbocycles. The minimum atomic E-state index is 0.613. The average molecular weight is 305 g/mol. The summed E-state index contributed by atoms with van der Waals surface area (Å²) >= 11 is 7.54. The predicted molar refractivity (Wildman–Crippen MR) is 83.8 cm³/mol. The van der Waals surface area contributed by atoms with Crippen LogP contribution in [0.5, 0.6) is 5.75 Å². The molecular weight excluding hydrogens is 292 g/mol. The molecule has 1 N–H and O–H groups in total. The second-order valence-corrected chi connectivity index (χ2v) is 5.73. The molecule has 3 nitrogen and oxygen atoms in total. The van der Waals surface area contributed by atoms with Crippen LogP contribution in [-0.2, 0) is 0 Å². The first-order valence-corrected chi connectivity index (χ1v) is 7.63. The van der Waals surface area contributed by atoms with Crippen LogP contribution < -0.4 is 4.74 Å². The van der Waals surface area contributed by atoms with Gasteiger partial charge in [-0.2, -0.15) is 0 Å². The maximum absolute atomic E-state index is 5.90. The minimum absolute atomic E-state index is 0.613. The number of hydrogen-bond acceptors (Lipinski definition) is 3. The molecule has 0 bridgehead atoms. The second-order valence-electron chi connectivity index (χ2n) is 4.21. The van der Waals surface area contributed by atoms with Crippen molar-refractivity contribution in [3.05, 3.63) is 53.6 Å². The fraction of sp³-hybridized carbons (Fsp3) is 0.133. The molecule has 0 unspecified atom stereocenters. The number of halogens is 1. The van der Waals surface area contributed by atoms with Crippen molar-refractivity contribution in [2.45, 2.75) is 5.16 Å². The number of fused-ring (bicyclic) bond motifs is 1. The standard InChI is InChI=1S/C15H13ClN2OS/c16-11-4-3-5-12(10-11)19-8-9-20-15-17-13-6-1-2-7-14(13)18-15/h1-7,10H,8-9H2,(H,17,18). The lowest BCUT2D eigenvalue weighted by Crippen LogP contribution is -2.00. The zero-order valence-electron chi connectivity index (χ0n) is 10.7. The van der Waals surface area contributed by atoms with Crippen molar-refractivity contribution < 1.29 is 4.74 Å². The molecule has 1 aromatic heterocycles. The third kappa shape index (κ3) is 3.26. The number of H-pyrrole nitrogens is 1. The van der Waals surface area contributed by atoms with Crippen molar-refractivity contribution in [2.24, 2.45) is 0 Å². The Morgan fingerprint density at radius 3 is 2.90 bits per heavy atom. The number of nitrogens with one attached hydrogen (secondary N) is 1. The average Bonchev–Trinajstić information content (AvgIpc) is 2.86. The van der Waals surface area contributed by atoms with E-state index in [1.54, 1.807) is 11.8 Å². The van der Waals surface area contributed by atoms with Crippen LogP contribution in [0.4, 0.5) is 0 Å². The van der Waals surface area contributed by atoms with Crippen LogP contribution in [-0.4, -0.2) is 22.3 Å². The van der Waals surface area contributed by atoms with E-state index in [9.17, 15) is 0 Å². The summed E-state index contributed by atoms with van der Waals surface area (Å²) in [7, 11) is 0. The summed E-state index contributed by atoms with van der Waals surface area (Å²) < 4.78 is 5.64. The fourth-order valence-corrected chi connectivity index (χ4v) is 2.74. The molecule has 0 spiro atoms. The Morgan fingerprint density at radius 1 is 1.15 bits per heavy atom. The van der Waals surface area contributed by atoms with Gasteiger partial charge in [-0.25, -0.2) is 4.98 Å². The monoisotopic (exact) mass is 304 g/mol. The largest absolute Gasteiger partial charge is 0.493 e. The first-order chi connectivity index (χ1) is 9.81. The number of imidazole rings is 1. The van der Waals surface area contributed by atoms with Gasteiger partial charge < -0.3 is 9.72 Å². The van der Waals surface area contributed by atoms with Crippen molar-refractivity contribution in [3.8, 4) is 5.75 Å². The number of nitrogens with zero attached hydrogens (tertiary/aromatic N) is 1. The molecule has 0 radical (unpaired) electrons. The molecule has 3 aromatic rings. The van der Waals surface area contributed by atoms with Crippen molar-refractivity contribution in [1.82, 2.24) is 9.97 Å². The van der Waals surface area contributed by atoms with E-state index in [2.05, 4.69) is 9.97 Å². The fourth-order valence-electron chi connectivity index (χ4n) is 1.85. The van der Waals surface area contributed by atoms with E-state index in [1.165, 1.54) is 0 Å². The van der Waals surface area contributed by atoms with Crippen LogP contribution in [0.1, 0.15) is 0 Å². The predicted octanol–water partition coefficient (Wildman–Crippen LogP) is 4.39. The third-order valence-electron chi connectivity index (χ3n) is 2.75. The molecule has 0 atom stereocenters. The van der Waals surface area contributed by atoms with Gasteiger partial charge in [0.1, 0.15) is 5.75 Å². The molecule has 0 aliphatic rings. The van der Waals surface area contributed by atoms with Crippen molar-refractivity contribution in [1.29, 1.82) is 0 Å². The zero-order chi connectivity index (χ0) is 13.8. The van der Waals surface area contributed by atoms with E-state index in [4.69, 9.17) is 16.3 Å². The van der Waals surface area contributed by atoms with Gasteiger partial charge in [0.05, 0.1) is 17.6 Å². The van der Waals surface area contributed by atoms with Gasteiger partial charge in [0.15, 0.2) is 5.16 Å². The van der Waals surface area contributed by atoms with Gasteiger partial charge in [-0.15, -0.1) is 0 Å². The molecular formula is C15H13ClN2OS. The second kappa shape index (κ2) is 6.20. The number of aromatic nitrogens is 2. The lowest BCUT2D eigenvalue weighted by Gasteiger charge is -2.05. The molecule has 0 fully saturated rings. The van der Waals surface area contributed by atoms with E-state index in [0.717, 1.165) is 27.7 Å². The van der Waals surface area contributed by atoms with Crippen molar-refractivity contribution in [2.75, 3.05) is 12.4 Å². The van der Waals surface area contributed by atoms with E-state index in [1.807, 2.05) is 48.5 Å². The minimum Gasteiger partial charge on any atom is -0.493 e. The van der Waals surface area contributed by atoms with Gasteiger partial charge in [-0.05, 0) is 30.3 Å². The highest BCUT2D eigenvalue weighted by atomic mass is 35.5. The van der Waals surface area contributed by atoms with Crippen molar-refractivity contribution in [3.63, 3.8) is 0 Å². The molecule has 3 rings (SSSR count). The van der Waals surface area contributed by atoms with Crippen LogP contribution >= 0.6 is 23.4 Å². The number of benzene rings is 2. The Morgan fingerprint density at radius 2 is 2.05 bits per heavy atom. The molecule has 2 aromatic carbocycles. The van der Waals surface area contributed by atoms with Gasteiger partial charge >= 0.3 is 0 Å². The van der Waals surface area contributed by atoms with Gasteiger partial charge in [-0.3, -0.25) is 0 Å². The molecule has 5 heteroatoms. The molecule has 102 valence electrons. The van der Waals surface area contributed by atoms with Gasteiger partial charge in [0.2, 0.25) is 0 Å². The first-order valence-electron chi connectivity index (χ1n) is 6.27. The molecule has 20 heavy (non-hydrogen) atoms. The van der Waals surface area contributed by atoms with Crippen LogP contribution in [0.2, 0.25) is 5.02 Å². The summed E-state index contributed by atoms with van der Waals surface area (Å²) in [5, 5.41) is 1.60. The van der Waals surface area contributed by atoms with Gasteiger partial charge in [-0.1, -0.05) is 41.6 Å². The number of thioether (sulfide) groups is 1. The van der Waals surface area contributed by atoms with Gasteiger partial charge in [0, 0.05) is 10.8 Å². The Hall–Kier alpha value is -1.65. The van der Waals surface area contributed by atoms with Crippen LogP contribution in [0, 0.1) is 0 Å². The van der Waals surface area contributed by atoms with Crippen LogP contribution in [0.3, 0.4) is 0 Å². The van der Waals surface area contributed by atoms with Crippen LogP contribution in [0.15, 0.2) is 53.7 Å². The van der Waals surface area contributed by atoms with Crippen LogP contribution in [0.25, 0.3) is 11.0 Å². The maximum Gasteiger partial charge on any atom is 0.166 e. The molecule has 0 aliphatic heterocycles. The molecule has 0 aliphatic carbocycles. The maximum atomic E-state index is 5.90. The summed E-state index contributed by atoms with van der Waals surface area (Å²) in [5.41, 5.74) is 2.05. The highest BCUT2D eigenvalue weighted by Crippen LogP contribution is 2.20. The normalized spacial score (nSPS) is 10.8. The summed E-state index contributed by atoms with van der Waals surface area (Å²) in [6, 6.07) is 15.4. The highest BCUT2D eigenvalue weighted by molar-refractivity contribution is 7.99. The SMILES string of the molecule is Clc1cccc(OCCSc2nc3ccccc3[nH]2)c1. The van der Waals surface area contributed by atoms with E-state index in [-0.39, 0.29) is 0 Å². The van der Waals surface area contributed by atoms with E-state index >= 15 is 0 Å². The zero-order valence-corrected chi connectivity index (χ0v) is 12.2. The quantitative estimate of drug-likeness (QED) is 0.561. The first kappa shape index (κ1) is 13.3. The summed E-state index contributed by atoms with van der Waals surface area (Å²) in [6.45, 7) is 0.613. The Bertz CT molecular complexity index is 681. The van der Waals surface area contributed by atoms with Crippen molar-refractivity contribution >= 4 is 34.4 Å². The Balaban J connectivity index is 1.52. The number of ether oxygens (including phenoxy) is 1. The molecule has 0 amide bonds. The number of rotatable bonds is 5. The summed E-state index contributed by atoms with van der Waals surface area (Å²) in [4.78, 5) is 7.78. The summed E-state index contributed by atoms with van der Waals surface area (Å²) in [6.07, 6.45) is 0. The number of para-hydroxylation sites is 2. The molecule has 1 heterocycles. The van der Waals surface area contributed by atoms with E-state index in [0.29, 0.717) is 11.6 Å². The Kier molecular flexibility index (Phi) is 4.14. The van der Waals surface area contributed by atoms with Gasteiger partial charge in [0.25, 0.3) is 0 Å².